The van der Waals surface area contributed by atoms with E-state index in [-0.39, 0.29) is 25.2 Å². The van der Waals surface area contributed by atoms with E-state index in [0.717, 1.165) is 11.4 Å². The van der Waals surface area contributed by atoms with Crippen molar-refractivity contribution in [3.63, 3.8) is 0 Å². The fourth-order valence-corrected chi connectivity index (χ4v) is 2.61. The first-order valence-corrected chi connectivity index (χ1v) is 7.77. The number of aromatic nitrogens is 2. The van der Waals surface area contributed by atoms with E-state index in [9.17, 15) is 9.59 Å². The third-order valence-electron chi connectivity index (χ3n) is 3.06. The van der Waals surface area contributed by atoms with Gasteiger partial charge in [-0.2, -0.15) is 0 Å². The molecule has 2 N–H and O–H groups in total. The van der Waals surface area contributed by atoms with Crippen molar-refractivity contribution < 1.29 is 19.1 Å². The van der Waals surface area contributed by atoms with Gasteiger partial charge in [-0.3, -0.25) is 14.9 Å². The van der Waals surface area contributed by atoms with Gasteiger partial charge in [-0.1, -0.05) is 18.3 Å². The van der Waals surface area contributed by atoms with Crippen molar-refractivity contribution in [2.45, 2.75) is 13.3 Å². The molecule has 0 radical (unpaired) electrons. The van der Waals surface area contributed by atoms with Crippen molar-refractivity contribution in [1.29, 1.82) is 0 Å². The third kappa shape index (κ3) is 3.57. The molecule has 2 amide bonds. The molecule has 0 aliphatic carbocycles. The summed E-state index contributed by atoms with van der Waals surface area (Å²) < 4.78 is 10.4. The molecule has 0 unspecified atom stereocenters. The Balaban J connectivity index is 1.53. The highest BCUT2D eigenvalue weighted by molar-refractivity contribution is 7.15. The lowest BCUT2D eigenvalue weighted by molar-refractivity contribution is -0.115. The predicted octanol–water partition coefficient (Wildman–Crippen LogP) is 1.20. The largest absolute Gasteiger partial charge is 0.454 e. The highest BCUT2D eigenvalue weighted by Gasteiger charge is 2.16. The van der Waals surface area contributed by atoms with E-state index in [2.05, 4.69) is 20.8 Å². The van der Waals surface area contributed by atoms with Crippen molar-refractivity contribution in [2.75, 3.05) is 18.7 Å². The lowest BCUT2D eigenvalue weighted by Gasteiger charge is -2.05. The van der Waals surface area contributed by atoms with E-state index in [0.29, 0.717) is 22.2 Å². The summed E-state index contributed by atoms with van der Waals surface area (Å²) in [6.07, 6.45) is 0.758. The van der Waals surface area contributed by atoms with Crippen LogP contribution in [0.2, 0.25) is 0 Å². The fraction of sp³-hybridized carbons (Fsp3) is 0.286. The molecule has 8 nitrogen and oxygen atoms in total. The lowest BCUT2D eigenvalue weighted by atomic mass is 10.2. The Morgan fingerprint density at radius 1 is 1.26 bits per heavy atom. The molecule has 1 aliphatic rings. The van der Waals surface area contributed by atoms with Crippen LogP contribution in [0.25, 0.3) is 0 Å². The van der Waals surface area contributed by atoms with E-state index in [1.807, 2.05) is 6.92 Å². The minimum atomic E-state index is -0.370. The van der Waals surface area contributed by atoms with E-state index in [4.69, 9.17) is 9.47 Å². The fourth-order valence-electron chi connectivity index (χ4n) is 1.91. The van der Waals surface area contributed by atoms with E-state index in [1.165, 1.54) is 11.3 Å². The van der Waals surface area contributed by atoms with Gasteiger partial charge in [0.15, 0.2) is 11.5 Å². The Morgan fingerprint density at radius 2 is 2.09 bits per heavy atom. The van der Waals surface area contributed by atoms with Crippen LogP contribution in [0.4, 0.5) is 5.13 Å². The van der Waals surface area contributed by atoms with Gasteiger partial charge in [-0.05, 0) is 24.6 Å². The average molecular weight is 334 g/mol. The molecular formula is C14H14N4O4S. The molecule has 2 aromatic rings. The van der Waals surface area contributed by atoms with Crippen LogP contribution >= 0.6 is 11.3 Å². The molecular weight excluding hydrogens is 320 g/mol. The predicted molar refractivity (Wildman–Crippen MR) is 82.8 cm³/mol. The first-order chi connectivity index (χ1) is 11.2. The molecule has 0 atom stereocenters. The summed E-state index contributed by atoms with van der Waals surface area (Å²) in [4.78, 5) is 23.8. The number of carbonyl (C=O) groups is 2. The zero-order valence-electron chi connectivity index (χ0n) is 12.3. The normalized spacial score (nSPS) is 12.0. The average Bonchev–Trinajstić information content (AvgIpc) is 3.20. The second kappa shape index (κ2) is 6.61. The molecule has 23 heavy (non-hydrogen) atoms. The first kappa shape index (κ1) is 15.2. The van der Waals surface area contributed by atoms with Crippen molar-refractivity contribution in [3.05, 3.63) is 28.8 Å². The highest BCUT2D eigenvalue weighted by atomic mass is 32.1. The van der Waals surface area contributed by atoms with Crippen LogP contribution in [0, 0.1) is 0 Å². The maximum absolute atomic E-state index is 12.0. The molecule has 1 aromatic carbocycles. The standard InChI is InChI=1S/C14H14N4O4S/c1-2-12-17-18-14(23-12)16-11(19)6-15-13(20)8-3-4-9-10(5-8)22-7-21-9/h3-5H,2,6-7H2,1H3,(H,15,20)(H,16,18,19). The maximum Gasteiger partial charge on any atom is 0.251 e. The summed E-state index contributed by atoms with van der Waals surface area (Å²) in [5, 5.41) is 14.1. The first-order valence-electron chi connectivity index (χ1n) is 6.96. The number of nitrogens with zero attached hydrogens (tertiary/aromatic N) is 2. The zero-order chi connectivity index (χ0) is 16.2. The lowest BCUT2D eigenvalue weighted by Crippen LogP contribution is -2.32. The number of hydrogen-bond acceptors (Lipinski definition) is 7. The van der Waals surface area contributed by atoms with E-state index in [1.54, 1.807) is 18.2 Å². The Hall–Kier alpha value is -2.68. The van der Waals surface area contributed by atoms with Crippen molar-refractivity contribution >= 4 is 28.3 Å². The van der Waals surface area contributed by atoms with Gasteiger partial charge in [0.25, 0.3) is 5.91 Å². The molecule has 1 aromatic heterocycles. The van der Waals surface area contributed by atoms with Gasteiger partial charge in [0, 0.05) is 5.56 Å². The minimum Gasteiger partial charge on any atom is -0.454 e. The third-order valence-corrected chi connectivity index (χ3v) is 4.04. The molecule has 0 bridgehead atoms. The van der Waals surface area contributed by atoms with Gasteiger partial charge in [-0.25, -0.2) is 0 Å². The van der Waals surface area contributed by atoms with Gasteiger partial charge in [-0.15, -0.1) is 10.2 Å². The van der Waals surface area contributed by atoms with Gasteiger partial charge in [0.2, 0.25) is 17.8 Å². The molecule has 1 aliphatic heterocycles. The minimum absolute atomic E-state index is 0.143. The second-order valence-corrected chi connectivity index (χ2v) is 5.72. The van der Waals surface area contributed by atoms with Crippen LogP contribution in [0.15, 0.2) is 18.2 Å². The van der Waals surface area contributed by atoms with Crippen LogP contribution in [-0.2, 0) is 11.2 Å². The number of carbonyl (C=O) groups excluding carboxylic acids is 2. The van der Waals surface area contributed by atoms with Crippen LogP contribution in [-0.4, -0.2) is 35.3 Å². The number of anilines is 1. The number of benzene rings is 1. The number of aryl methyl sites for hydroxylation is 1. The molecule has 0 spiro atoms. The Labute approximate surface area is 135 Å². The van der Waals surface area contributed by atoms with Crippen molar-refractivity contribution in [3.8, 4) is 11.5 Å². The number of nitrogens with one attached hydrogen (secondary N) is 2. The summed E-state index contributed by atoms with van der Waals surface area (Å²) in [6, 6.07) is 4.84. The molecule has 0 fully saturated rings. The maximum atomic E-state index is 12.0. The Morgan fingerprint density at radius 3 is 2.87 bits per heavy atom. The van der Waals surface area contributed by atoms with E-state index < -0.39 is 0 Å². The summed E-state index contributed by atoms with van der Waals surface area (Å²) in [5.41, 5.74) is 0.395. The molecule has 2 heterocycles. The number of fused-ring (bicyclic) bond motifs is 1. The monoisotopic (exact) mass is 334 g/mol. The van der Waals surface area contributed by atoms with Crippen LogP contribution in [0.3, 0.4) is 0 Å². The summed E-state index contributed by atoms with van der Waals surface area (Å²) >= 11 is 1.31. The zero-order valence-corrected chi connectivity index (χ0v) is 13.1. The number of hydrogen-bond donors (Lipinski definition) is 2. The summed E-state index contributed by atoms with van der Waals surface area (Å²) in [7, 11) is 0. The van der Waals surface area contributed by atoms with Crippen molar-refractivity contribution in [1.82, 2.24) is 15.5 Å². The molecule has 0 saturated heterocycles. The Bertz CT molecular complexity index is 746. The Kier molecular flexibility index (Phi) is 4.38. The number of ether oxygens (including phenoxy) is 2. The molecule has 3 rings (SSSR count). The number of amides is 2. The topological polar surface area (TPSA) is 102 Å². The summed E-state index contributed by atoms with van der Waals surface area (Å²) in [6.45, 7) is 1.94. The smallest absolute Gasteiger partial charge is 0.251 e. The van der Waals surface area contributed by atoms with Gasteiger partial charge in [0.05, 0.1) is 6.54 Å². The molecule has 120 valence electrons. The van der Waals surface area contributed by atoms with Gasteiger partial charge >= 0.3 is 0 Å². The second-order valence-electron chi connectivity index (χ2n) is 4.65. The SMILES string of the molecule is CCc1nnc(NC(=O)CNC(=O)c2ccc3c(c2)OCO3)s1. The van der Waals surface area contributed by atoms with Crippen molar-refractivity contribution in [2.24, 2.45) is 0 Å². The summed E-state index contributed by atoms with van der Waals surface area (Å²) in [5.74, 6) is 0.383. The molecule has 0 saturated carbocycles. The molecule has 9 heteroatoms. The number of rotatable bonds is 5. The van der Waals surface area contributed by atoms with Gasteiger partial charge < -0.3 is 14.8 Å². The van der Waals surface area contributed by atoms with Crippen LogP contribution in [0.1, 0.15) is 22.3 Å². The van der Waals surface area contributed by atoms with Crippen LogP contribution < -0.4 is 20.1 Å². The van der Waals surface area contributed by atoms with Crippen LogP contribution in [0.5, 0.6) is 11.5 Å². The quantitative estimate of drug-likeness (QED) is 0.852. The van der Waals surface area contributed by atoms with E-state index >= 15 is 0 Å². The highest BCUT2D eigenvalue weighted by Crippen LogP contribution is 2.32. The van der Waals surface area contributed by atoms with Gasteiger partial charge in [0.1, 0.15) is 5.01 Å².